The molecule has 4 aromatic heterocycles. The fraction of sp³-hybridized carbons (Fsp3) is 0.483. The van der Waals surface area contributed by atoms with Crippen LogP contribution in [0.15, 0.2) is 49.2 Å². The molecule has 2 aliphatic rings. The summed E-state index contributed by atoms with van der Waals surface area (Å²) in [6.45, 7) is 9.62. The molecular weight excluding hydrogens is 492 g/mol. The molecule has 1 saturated heterocycles. The summed E-state index contributed by atoms with van der Waals surface area (Å²) in [7, 11) is 0. The molecule has 10 nitrogen and oxygen atoms in total. The van der Waals surface area contributed by atoms with Gasteiger partial charge in [-0.05, 0) is 63.6 Å². The van der Waals surface area contributed by atoms with E-state index in [4.69, 9.17) is 9.72 Å². The lowest BCUT2D eigenvalue weighted by atomic mass is 9.85. The molecule has 10 heteroatoms. The third-order valence-electron chi connectivity index (χ3n) is 7.39. The first-order valence-corrected chi connectivity index (χ1v) is 13.8. The van der Waals surface area contributed by atoms with Crippen LogP contribution in [0.3, 0.4) is 0 Å². The standard InChI is InChI=1S/C29H36N8O2/c1-29(2,3)39-28(38)36(15-21-6-4-7-21)17-22-8-9-27-31-24(18-35(27)16-22)19-37-20-26(32-33-37)23-12-25(14-30-13-23)34-10-5-11-34/h8-9,12-14,16,18,20-21H,4-7,10-11,15,17,19H2,1-3H3. The van der Waals surface area contributed by atoms with E-state index in [2.05, 4.69) is 26.3 Å². The summed E-state index contributed by atoms with van der Waals surface area (Å²) < 4.78 is 9.52. The normalized spacial score (nSPS) is 15.7. The van der Waals surface area contributed by atoms with Gasteiger partial charge in [-0.25, -0.2) is 14.5 Å². The number of carbonyl (C=O) groups excluding carboxylic acids is 1. The van der Waals surface area contributed by atoms with E-state index in [0.717, 1.165) is 53.5 Å². The maximum Gasteiger partial charge on any atom is 0.410 e. The summed E-state index contributed by atoms with van der Waals surface area (Å²) in [5.41, 5.74) is 5.13. The van der Waals surface area contributed by atoms with Crippen LogP contribution in [0.25, 0.3) is 16.9 Å². The van der Waals surface area contributed by atoms with Crippen molar-refractivity contribution in [1.29, 1.82) is 0 Å². The molecule has 0 aromatic carbocycles. The molecule has 0 atom stereocenters. The Hall–Kier alpha value is -3.95. The molecule has 4 aromatic rings. The number of aromatic nitrogens is 6. The minimum Gasteiger partial charge on any atom is -0.444 e. The average Bonchev–Trinajstić information content (AvgIpc) is 3.45. The first kappa shape index (κ1) is 25.3. The Morgan fingerprint density at radius 3 is 2.67 bits per heavy atom. The smallest absolute Gasteiger partial charge is 0.410 e. The number of nitrogens with zero attached hydrogens (tertiary/aromatic N) is 8. The third kappa shape index (κ3) is 5.89. The molecule has 1 saturated carbocycles. The molecule has 1 aliphatic carbocycles. The second kappa shape index (κ2) is 10.3. The van der Waals surface area contributed by atoms with Crippen molar-refractivity contribution >= 4 is 17.4 Å². The van der Waals surface area contributed by atoms with Crippen LogP contribution in [0, 0.1) is 5.92 Å². The van der Waals surface area contributed by atoms with Crippen LogP contribution in [0.2, 0.25) is 0 Å². The molecule has 5 heterocycles. The Kier molecular flexibility index (Phi) is 6.70. The Balaban J connectivity index is 1.15. The molecule has 1 amide bonds. The summed E-state index contributed by atoms with van der Waals surface area (Å²) in [6.07, 6.45) is 14.3. The average molecular weight is 529 g/mol. The molecule has 0 bridgehead atoms. The number of rotatable bonds is 8. The van der Waals surface area contributed by atoms with E-state index in [1.807, 2.05) is 73.2 Å². The van der Waals surface area contributed by atoms with E-state index in [-0.39, 0.29) is 6.09 Å². The summed E-state index contributed by atoms with van der Waals surface area (Å²) in [5, 5.41) is 8.71. The number of anilines is 1. The van der Waals surface area contributed by atoms with Crippen LogP contribution >= 0.6 is 0 Å². The predicted octanol–water partition coefficient (Wildman–Crippen LogP) is 4.78. The molecule has 2 fully saturated rings. The van der Waals surface area contributed by atoms with Crippen molar-refractivity contribution < 1.29 is 9.53 Å². The van der Waals surface area contributed by atoms with Crippen molar-refractivity contribution in [1.82, 2.24) is 34.3 Å². The van der Waals surface area contributed by atoms with E-state index in [1.165, 1.54) is 25.7 Å². The van der Waals surface area contributed by atoms with Crippen LogP contribution in [-0.4, -0.2) is 65.6 Å². The maximum atomic E-state index is 12.9. The second-order valence-electron chi connectivity index (χ2n) is 11.8. The monoisotopic (exact) mass is 528 g/mol. The molecular formula is C29H36N8O2. The lowest BCUT2D eigenvalue weighted by molar-refractivity contribution is 0.0173. The van der Waals surface area contributed by atoms with Gasteiger partial charge in [0.05, 0.1) is 36.9 Å². The van der Waals surface area contributed by atoms with E-state index < -0.39 is 5.60 Å². The van der Waals surface area contributed by atoms with Crippen molar-refractivity contribution in [2.45, 2.75) is 65.1 Å². The van der Waals surface area contributed by atoms with Gasteiger partial charge in [-0.3, -0.25) is 4.98 Å². The largest absolute Gasteiger partial charge is 0.444 e. The molecule has 0 N–H and O–H groups in total. The third-order valence-corrected chi connectivity index (χ3v) is 7.39. The number of fused-ring (bicyclic) bond motifs is 1. The van der Waals surface area contributed by atoms with Crippen LogP contribution in [0.1, 0.15) is 57.7 Å². The van der Waals surface area contributed by atoms with Gasteiger partial charge in [0.25, 0.3) is 0 Å². The molecule has 0 spiro atoms. The minimum absolute atomic E-state index is 0.256. The van der Waals surface area contributed by atoms with Crippen molar-refractivity contribution in [3.05, 3.63) is 60.4 Å². The first-order chi connectivity index (χ1) is 18.8. The number of hydrogen-bond donors (Lipinski definition) is 0. The molecule has 1 aliphatic heterocycles. The zero-order valence-corrected chi connectivity index (χ0v) is 23.0. The van der Waals surface area contributed by atoms with Gasteiger partial charge >= 0.3 is 6.09 Å². The van der Waals surface area contributed by atoms with Crippen molar-refractivity contribution in [3.63, 3.8) is 0 Å². The Bertz CT molecular complexity index is 1460. The second-order valence-corrected chi connectivity index (χ2v) is 11.8. The van der Waals surface area contributed by atoms with Gasteiger partial charge in [-0.15, -0.1) is 5.10 Å². The van der Waals surface area contributed by atoms with E-state index in [1.54, 1.807) is 4.68 Å². The topological polar surface area (TPSA) is 93.7 Å². The highest BCUT2D eigenvalue weighted by molar-refractivity contribution is 5.68. The van der Waals surface area contributed by atoms with Gasteiger partial charge in [0.2, 0.25) is 0 Å². The van der Waals surface area contributed by atoms with Crippen molar-refractivity contribution in [3.8, 4) is 11.3 Å². The highest BCUT2D eigenvalue weighted by Crippen LogP contribution is 2.28. The fourth-order valence-electron chi connectivity index (χ4n) is 4.99. The maximum absolute atomic E-state index is 12.9. The summed E-state index contributed by atoms with van der Waals surface area (Å²) in [6, 6.07) is 6.16. The number of imidazole rings is 1. The zero-order chi connectivity index (χ0) is 27.0. The number of ether oxygens (including phenoxy) is 1. The lowest BCUT2D eigenvalue weighted by Gasteiger charge is -2.33. The van der Waals surface area contributed by atoms with Gasteiger partial charge in [-0.2, -0.15) is 0 Å². The van der Waals surface area contributed by atoms with Crippen molar-refractivity contribution in [2.75, 3.05) is 24.5 Å². The molecule has 39 heavy (non-hydrogen) atoms. The van der Waals surface area contributed by atoms with Crippen LogP contribution in [0.4, 0.5) is 10.5 Å². The Morgan fingerprint density at radius 2 is 1.95 bits per heavy atom. The lowest BCUT2D eigenvalue weighted by Crippen LogP contribution is -2.40. The van der Waals surface area contributed by atoms with E-state index in [0.29, 0.717) is 19.0 Å². The van der Waals surface area contributed by atoms with Gasteiger partial charge < -0.3 is 18.9 Å². The highest BCUT2D eigenvalue weighted by Gasteiger charge is 2.27. The summed E-state index contributed by atoms with van der Waals surface area (Å²) in [4.78, 5) is 26.3. The predicted molar refractivity (Wildman–Crippen MR) is 148 cm³/mol. The molecule has 6 rings (SSSR count). The Labute approximate surface area is 228 Å². The van der Waals surface area contributed by atoms with Crippen LogP contribution < -0.4 is 4.90 Å². The number of amides is 1. The molecule has 0 radical (unpaired) electrons. The Morgan fingerprint density at radius 1 is 1.10 bits per heavy atom. The van der Waals surface area contributed by atoms with Crippen LogP contribution in [0.5, 0.6) is 0 Å². The number of carbonyl (C=O) groups is 1. The quantitative estimate of drug-likeness (QED) is 0.325. The number of hydrogen-bond acceptors (Lipinski definition) is 7. The fourth-order valence-corrected chi connectivity index (χ4v) is 4.99. The van der Waals surface area contributed by atoms with Gasteiger partial charge in [0.15, 0.2) is 0 Å². The molecule has 0 unspecified atom stereocenters. The summed E-state index contributed by atoms with van der Waals surface area (Å²) in [5.74, 6) is 0.558. The van der Waals surface area contributed by atoms with Gasteiger partial charge in [-0.1, -0.05) is 17.7 Å². The van der Waals surface area contributed by atoms with Gasteiger partial charge in [0.1, 0.15) is 16.9 Å². The molecule has 204 valence electrons. The minimum atomic E-state index is -0.521. The van der Waals surface area contributed by atoms with Crippen molar-refractivity contribution in [2.24, 2.45) is 5.92 Å². The van der Waals surface area contributed by atoms with Gasteiger partial charge in [0, 0.05) is 43.8 Å². The SMILES string of the molecule is CC(C)(C)OC(=O)N(Cc1ccc2nc(Cn3cc(-c4cncc(N5CCC5)c4)nn3)cn2c1)CC1CCC1. The highest BCUT2D eigenvalue weighted by atomic mass is 16.6. The number of pyridine rings is 2. The van der Waals surface area contributed by atoms with E-state index >= 15 is 0 Å². The van der Waals surface area contributed by atoms with E-state index in [9.17, 15) is 4.79 Å². The van der Waals surface area contributed by atoms with Crippen LogP contribution in [-0.2, 0) is 17.8 Å². The zero-order valence-electron chi connectivity index (χ0n) is 23.0. The first-order valence-electron chi connectivity index (χ1n) is 13.8. The summed E-state index contributed by atoms with van der Waals surface area (Å²) >= 11 is 0.